The lowest BCUT2D eigenvalue weighted by molar-refractivity contribution is -0.137. The quantitative estimate of drug-likeness (QED) is 0.858. The first kappa shape index (κ1) is 14.1. The highest BCUT2D eigenvalue weighted by atomic mass is 16.2. The van der Waals surface area contributed by atoms with Crippen LogP contribution in [0, 0.1) is 29.1 Å². The van der Waals surface area contributed by atoms with Crippen LogP contribution in [-0.4, -0.2) is 23.4 Å². The van der Waals surface area contributed by atoms with Crippen molar-refractivity contribution in [2.75, 3.05) is 6.54 Å². The van der Waals surface area contributed by atoms with Crippen LogP contribution in [0.1, 0.15) is 24.8 Å². The lowest BCUT2D eigenvalue weighted by Gasteiger charge is -2.31. The van der Waals surface area contributed by atoms with Gasteiger partial charge in [-0.05, 0) is 36.7 Å². The Bertz CT molecular complexity index is 549. The topological polar surface area (TPSA) is 70.1 Å². The van der Waals surface area contributed by atoms with Crippen LogP contribution >= 0.6 is 0 Å². The number of nitrogens with zero attached hydrogens (tertiary/aromatic N) is 2. The minimum absolute atomic E-state index is 0.0202. The van der Waals surface area contributed by atoms with Crippen molar-refractivity contribution in [2.45, 2.75) is 31.8 Å². The largest absolute Gasteiger partial charge is 0.327 e. The summed E-state index contributed by atoms with van der Waals surface area (Å²) in [6.07, 6.45) is 3.36. The van der Waals surface area contributed by atoms with Crippen LogP contribution in [0.2, 0.25) is 0 Å². The van der Waals surface area contributed by atoms with E-state index in [0.29, 0.717) is 18.4 Å². The monoisotopic (exact) mass is 283 g/mol. The molecule has 0 aromatic heterocycles. The van der Waals surface area contributed by atoms with Gasteiger partial charge in [0.25, 0.3) is 0 Å². The summed E-state index contributed by atoms with van der Waals surface area (Å²) in [5.41, 5.74) is 7.32. The van der Waals surface area contributed by atoms with Crippen molar-refractivity contribution in [3.05, 3.63) is 35.9 Å². The third kappa shape index (κ3) is 2.66. The Labute approximate surface area is 125 Å². The smallest absolute Gasteiger partial charge is 0.228 e. The van der Waals surface area contributed by atoms with Crippen LogP contribution in [-0.2, 0) is 11.3 Å². The highest BCUT2D eigenvalue weighted by Gasteiger charge is 2.50. The Kier molecular flexibility index (Phi) is 3.94. The molecule has 2 aliphatic carbocycles. The number of amides is 1. The molecule has 4 atom stereocenters. The lowest BCUT2D eigenvalue weighted by atomic mass is 9.84. The average molecular weight is 283 g/mol. The third-order valence-corrected chi connectivity index (χ3v) is 5.06. The molecule has 1 amide bonds. The normalized spacial score (nSPS) is 30.1. The fourth-order valence-electron chi connectivity index (χ4n) is 4.01. The average Bonchev–Trinajstić information content (AvgIpc) is 3.08. The Balaban J connectivity index is 1.75. The van der Waals surface area contributed by atoms with Crippen LogP contribution in [0.4, 0.5) is 0 Å². The van der Waals surface area contributed by atoms with Crippen molar-refractivity contribution in [3.8, 4) is 6.07 Å². The van der Waals surface area contributed by atoms with E-state index in [9.17, 15) is 4.79 Å². The second-order valence-electron chi connectivity index (χ2n) is 6.27. The van der Waals surface area contributed by atoms with Gasteiger partial charge in [0.15, 0.2) is 0 Å². The molecule has 2 saturated carbocycles. The summed E-state index contributed by atoms with van der Waals surface area (Å²) in [5.74, 6) is 0.917. The Morgan fingerprint density at radius 1 is 1.29 bits per heavy atom. The van der Waals surface area contributed by atoms with Gasteiger partial charge in [-0.15, -0.1) is 0 Å². The predicted molar refractivity (Wildman–Crippen MR) is 79.8 cm³/mol. The van der Waals surface area contributed by atoms with Gasteiger partial charge >= 0.3 is 0 Å². The van der Waals surface area contributed by atoms with Gasteiger partial charge < -0.3 is 10.6 Å². The van der Waals surface area contributed by atoms with Crippen LogP contribution in [0.5, 0.6) is 0 Å². The molecule has 2 fully saturated rings. The molecule has 2 aliphatic rings. The minimum atomic E-state index is -0.0826. The molecule has 21 heavy (non-hydrogen) atoms. The van der Waals surface area contributed by atoms with Gasteiger partial charge in [0.1, 0.15) is 6.54 Å². The molecule has 4 unspecified atom stereocenters. The summed E-state index contributed by atoms with van der Waals surface area (Å²) in [7, 11) is 0. The Hall–Kier alpha value is -1.86. The van der Waals surface area contributed by atoms with Crippen molar-refractivity contribution in [3.63, 3.8) is 0 Å². The van der Waals surface area contributed by atoms with E-state index in [1.165, 1.54) is 0 Å². The molecule has 2 bridgehead atoms. The summed E-state index contributed by atoms with van der Waals surface area (Å²) in [6, 6.07) is 11.9. The Morgan fingerprint density at radius 2 is 2.00 bits per heavy atom. The lowest BCUT2D eigenvalue weighted by Crippen LogP contribution is -2.47. The number of hydrogen-bond acceptors (Lipinski definition) is 3. The molecule has 4 heteroatoms. The minimum Gasteiger partial charge on any atom is -0.327 e. The third-order valence-electron chi connectivity index (χ3n) is 5.06. The van der Waals surface area contributed by atoms with Crippen molar-refractivity contribution < 1.29 is 4.79 Å². The van der Waals surface area contributed by atoms with Crippen molar-refractivity contribution in [1.82, 2.24) is 4.90 Å². The molecule has 0 radical (unpaired) electrons. The molecule has 0 spiro atoms. The molecule has 0 heterocycles. The zero-order valence-electron chi connectivity index (χ0n) is 12.1. The molecule has 1 aromatic rings. The molecule has 3 rings (SSSR count). The maximum atomic E-state index is 12.8. The van der Waals surface area contributed by atoms with E-state index in [2.05, 4.69) is 6.07 Å². The highest BCUT2D eigenvalue weighted by Crippen LogP contribution is 2.48. The number of benzene rings is 1. The molecule has 4 nitrogen and oxygen atoms in total. The first-order chi connectivity index (χ1) is 10.2. The summed E-state index contributed by atoms with van der Waals surface area (Å²) >= 11 is 0. The summed E-state index contributed by atoms with van der Waals surface area (Å²) < 4.78 is 0. The van der Waals surface area contributed by atoms with Gasteiger partial charge in [-0.2, -0.15) is 5.26 Å². The number of carbonyl (C=O) groups is 1. The van der Waals surface area contributed by atoms with Crippen molar-refractivity contribution in [1.29, 1.82) is 5.26 Å². The molecular formula is C17H21N3O. The van der Waals surface area contributed by atoms with Gasteiger partial charge in [-0.1, -0.05) is 30.3 Å². The zero-order valence-corrected chi connectivity index (χ0v) is 12.1. The number of fused-ring (bicyclic) bond motifs is 2. The summed E-state index contributed by atoms with van der Waals surface area (Å²) in [5, 5.41) is 9.03. The van der Waals surface area contributed by atoms with Gasteiger partial charge in [0, 0.05) is 12.6 Å². The van der Waals surface area contributed by atoms with E-state index in [1.807, 2.05) is 30.3 Å². The highest BCUT2D eigenvalue weighted by molar-refractivity contribution is 5.80. The predicted octanol–water partition coefficient (Wildman–Crippen LogP) is 1.91. The number of rotatable bonds is 4. The van der Waals surface area contributed by atoms with Crippen molar-refractivity contribution in [2.24, 2.45) is 23.5 Å². The van der Waals surface area contributed by atoms with Crippen LogP contribution in [0.3, 0.4) is 0 Å². The standard InChI is InChI=1S/C17H21N3O/c18-8-9-20(11-12-4-2-1-3-5-12)17(21)15-13-6-7-14(10-13)16(15)19/h1-5,13-16H,6-7,9-11,19H2. The molecule has 2 N–H and O–H groups in total. The van der Waals surface area contributed by atoms with E-state index in [0.717, 1.165) is 24.8 Å². The van der Waals surface area contributed by atoms with E-state index < -0.39 is 0 Å². The van der Waals surface area contributed by atoms with Gasteiger partial charge in [0.2, 0.25) is 5.91 Å². The van der Waals surface area contributed by atoms with Gasteiger partial charge in [-0.25, -0.2) is 0 Å². The van der Waals surface area contributed by atoms with Gasteiger partial charge in [-0.3, -0.25) is 4.79 Å². The molecule has 0 saturated heterocycles. The maximum absolute atomic E-state index is 12.8. The Morgan fingerprint density at radius 3 is 2.62 bits per heavy atom. The number of carbonyl (C=O) groups excluding carboxylic acids is 1. The van der Waals surface area contributed by atoms with Crippen molar-refractivity contribution >= 4 is 5.91 Å². The summed E-state index contributed by atoms with van der Waals surface area (Å²) in [4.78, 5) is 14.5. The first-order valence-electron chi connectivity index (χ1n) is 7.66. The zero-order chi connectivity index (χ0) is 14.8. The van der Waals surface area contributed by atoms with Crippen LogP contribution < -0.4 is 5.73 Å². The number of hydrogen-bond donors (Lipinski definition) is 1. The SMILES string of the molecule is N#CCN(Cc1ccccc1)C(=O)C1C2CCC(C2)C1N. The first-order valence-corrected chi connectivity index (χ1v) is 7.66. The second-order valence-corrected chi connectivity index (χ2v) is 6.27. The second kappa shape index (κ2) is 5.87. The van der Waals surface area contributed by atoms with E-state index in [4.69, 9.17) is 11.0 Å². The maximum Gasteiger partial charge on any atom is 0.228 e. The van der Waals surface area contributed by atoms with Crippen LogP contribution in [0.15, 0.2) is 30.3 Å². The number of nitriles is 1. The fraction of sp³-hybridized carbons (Fsp3) is 0.529. The van der Waals surface area contributed by atoms with E-state index in [-0.39, 0.29) is 24.4 Å². The fourth-order valence-corrected chi connectivity index (χ4v) is 4.01. The van der Waals surface area contributed by atoms with Crippen LogP contribution in [0.25, 0.3) is 0 Å². The summed E-state index contributed by atoms with van der Waals surface area (Å²) in [6.45, 7) is 0.627. The molecule has 1 aromatic carbocycles. The molecule has 0 aliphatic heterocycles. The molecular weight excluding hydrogens is 262 g/mol. The van der Waals surface area contributed by atoms with E-state index in [1.54, 1.807) is 4.90 Å². The van der Waals surface area contributed by atoms with Gasteiger partial charge in [0.05, 0.1) is 12.0 Å². The van der Waals surface area contributed by atoms with E-state index >= 15 is 0 Å². The number of nitrogens with two attached hydrogens (primary N) is 1. The molecule has 110 valence electrons.